The van der Waals surface area contributed by atoms with Crippen LogP contribution in [0, 0.1) is 12.7 Å². The van der Waals surface area contributed by atoms with Gasteiger partial charge in [0.25, 0.3) is 0 Å². The minimum Gasteiger partial charge on any atom is -0.325 e. The van der Waals surface area contributed by atoms with Gasteiger partial charge in [-0.3, -0.25) is 4.79 Å². The molecular formula is C20H19ClFN5OS. The zero-order chi connectivity index (χ0) is 20.5. The Morgan fingerprint density at radius 1 is 1.28 bits per heavy atom. The van der Waals surface area contributed by atoms with Gasteiger partial charge in [-0.1, -0.05) is 48.5 Å². The number of thioether (sulfide) groups is 1. The molecule has 29 heavy (non-hydrogen) atoms. The predicted molar refractivity (Wildman–Crippen MR) is 112 cm³/mol. The Balaban J connectivity index is 1.68. The number of nitrogens with one attached hydrogen (secondary N) is 2. The summed E-state index contributed by atoms with van der Waals surface area (Å²) in [6.07, 6.45) is 0.690. The second kappa shape index (κ2) is 8.04. The van der Waals surface area contributed by atoms with Gasteiger partial charge in [-0.25, -0.2) is 9.07 Å². The Hall–Kier alpha value is -2.58. The number of amides is 1. The minimum atomic E-state index is -0.541. The van der Waals surface area contributed by atoms with E-state index in [-0.39, 0.29) is 11.7 Å². The molecular weight excluding hydrogens is 413 g/mol. The van der Waals surface area contributed by atoms with Crippen molar-refractivity contribution in [3.05, 3.63) is 70.3 Å². The maximum Gasteiger partial charge on any atom is 0.240 e. The molecule has 2 unspecified atom stereocenters. The van der Waals surface area contributed by atoms with E-state index in [0.29, 0.717) is 22.3 Å². The van der Waals surface area contributed by atoms with Crippen LogP contribution < -0.4 is 10.7 Å². The SMILES string of the molecule is CCc1nnc2n1NC(c1ccc(F)cc1)C(C(=O)Nc1cc(Cl)ccc1C)S2. The summed E-state index contributed by atoms with van der Waals surface area (Å²) < 4.78 is 15.2. The van der Waals surface area contributed by atoms with Gasteiger partial charge in [-0.2, -0.15) is 0 Å². The van der Waals surface area contributed by atoms with E-state index < -0.39 is 11.3 Å². The van der Waals surface area contributed by atoms with Crippen molar-refractivity contribution in [2.75, 3.05) is 10.7 Å². The van der Waals surface area contributed by atoms with Crippen molar-refractivity contribution < 1.29 is 9.18 Å². The maximum atomic E-state index is 13.4. The number of nitrogens with zero attached hydrogens (tertiary/aromatic N) is 3. The molecule has 1 amide bonds. The van der Waals surface area contributed by atoms with Crippen molar-refractivity contribution in [3.8, 4) is 0 Å². The lowest BCUT2D eigenvalue weighted by molar-refractivity contribution is -0.116. The van der Waals surface area contributed by atoms with E-state index in [9.17, 15) is 9.18 Å². The summed E-state index contributed by atoms with van der Waals surface area (Å²) in [6.45, 7) is 3.89. The number of aromatic nitrogens is 3. The third-order valence-corrected chi connectivity index (χ3v) is 6.22. The van der Waals surface area contributed by atoms with E-state index in [1.54, 1.807) is 28.9 Å². The van der Waals surface area contributed by atoms with Crippen LogP contribution in [0.3, 0.4) is 0 Å². The van der Waals surface area contributed by atoms with Crippen molar-refractivity contribution in [2.45, 2.75) is 36.7 Å². The number of carbonyl (C=O) groups excluding carboxylic acids is 1. The molecule has 0 saturated carbocycles. The van der Waals surface area contributed by atoms with Crippen LogP contribution in [0.1, 0.15) is 29.9 Å². The molecule has 0 bridgehead atoms. The fraction of sp³-hybridized carbons (Fsp3) is 0.250. The summed E-state index contributed by atoms with van der Waals surface area (Å²) in [5.74, 6) is 0.241. The van der Waals surface area contributed by atoms with Gasteiger partial charge in [0.2, 0.25) is 11.1 Å². The Kier molecular flexibility index (Phi) is 5.47. The van der Waals surface area contributed by atoms with E-state index in [1.165, 1.54) is 23.9 Å². The van der Waals surface area contributed by atoms with Crippen LogP contribution in [0.5, 0.6) is 0 Å². The van der Waals surface area contributed by atoms with Crippen molar-refractivity contribution >= 4 is 35.0 Å². The molecule has 1 aromatic heterocycles. The topological polar surface area (TPSA) is 71.8 Å². The van der Waals surface area contributed by atoms with Crippen molar-refractivity contribution in [1.29, 1.82) is 0 Å². The quantitative estimate of drug-likeness (QED) is 0.643. The molecule has 1 aliphatic heterocycles. The molecule has 2 atom stereocenters. The van der Waals surface area contributed by atoms with Crippen molar-refractivity contribution in [2.24, 2.45) is 0 Å². The molecule has 0 fully saturated rings. The smallest absolute Gasteiger partial charge is 0.240 e. The van der Waals surface area contributed by atoms with Gasteiger partial charge in [0.15, 0.2) is 5.82 Å². The van der Waals surface area contributed by atoms with Crippen LogP contribution >= 0.6 is 23.4 Å². The van der Waals surface area contributed by atoms with Gasteiger partial charge < -0.3 is 10.7 Å². The molecule has 6 nitrogen and oxygen atoms in total. The summed E-state index contributed by atoms with van der Waals surface area (Å²) in [6, 6.07) is 11.1. The number of benzene rings is 2. The van der Waals surface area contributed by atoms with Crippen LogP contribution in [0.15, 0.2) is 47.6 Å². The number of rotatable bonds is 4. The molecule has 2 N–H and O–H groups in total. The summed E-state index contributed by atoms with van der Waals surface area (Å²) >= 11 is 7.41. The Morgan fingerprint density at radius 3 is 2.76 bits per heavy atom. The van der Waals surface area contributed by atoms with Gasteiger partial charge in [-0.15, -0.1) is 10.2 Å². The van der Waals surface area contributed by atoms with Gasteiger partial charge in [-0.05, 0) is 42.3 Å². The van der Waals surface area contributed by atoms with E-state index in [4.69, 9.17) is 11.6 Å². The lowest BCUT2D eigenvalue weighted by atomic mass is 10.0. The fourth-order valence-electron chi connectivity index (χ4n) is 3.18. The Morgan fingerprint density at radius 2 is 2.03 bits per heavy atom. The van der Waals surface area contributed by atoms with Crippen LogP contribution in [-0.2, 0) is 11.2 Å². The molecule has 3 aromatic rings. The summed E-state index contributed by atoms with van der Waals surface area (Å²) in [5, 5.41) is 12.0. The summed E-state index contributed by atoms with van der Waals surface area (Å²) in [4.78, 5) is 13.2. The monoisotopic (exact) mass is 431 g/mol. The molecule has 0 aliphatic carbocycles. The standard InChI is InChI=1S/C20H19ClFN5OS/c1-3-16-24-25-20-27(16)26-17(12-5-8-14(22)9-6-12)18(29-20)19(28)23-15-10-13(21)7-4-11(15)2/h4-10,17-18,26H,3H2,1-2H3,(H,23,28). The normalized spacial score (nSPS) is 18.1. The lowest BCUT2D eigenvalue weighted by Gasteiger charge is -2.33. The average Bonchev–Trinajstić information content (AvgIpc) is 3.12. The number of halogens is 2. The summed E-state index contributed by atoms with van der Waals surface area (Å²) in [7, 11) is 0. The molecule has 4 rings (SSSR count). The zero-order valence-electron chi connectivity index (χ0n) is 15.8. The summed E-state index contributed by atoms with van der Waals surface area (Å²) in [5.41, 5.74) is 5.69. The molecule has 150 valence electrons. The third kappa shape index (κ3) is 3.95. The highest BCUT2D eigenvalue weighted by Gasteiger charge is 2.37. The van der Waals surface area contributed by atoms with Crippen LogP contribution in [-0.4, -0.2) is 26.0 Å². The molecule has 0 radical (unpaired) electrons. The van der Waals surface area contributed by atoms with Crippen LogP contribution in [0.25, 0.3) is 0 Å². The fourth-order valence-corrected chi connectivity index (χ4v) is 4.45. The van der Waals surface area contributed by atoms with Gasteiger partial charge in [0.1, 0.15) is 11.1 Å². The minimum absolute atomic E-state index is 0.200. The Bertz CT molecular complexity index is 1060. The first-order chi connectivity index (χ1) is 14.0. The third-order valence-electron chi connectivity index (χ3n) is 4.76. The van der Waals surface area contributed by atoms with E-state index >= 15 is 0 Å². The number of hydrogen-bond acceptors (Lipinski definition) is 5. The van der Waals surface area contributed by atoms with E-state index in [1.807, 2.05) is 19.9 Å². The number of fused-ring (bicyclic) bond motifs is 1. The van der Waals surface area contributed by atoms with Crippen LogP contribution in [0.2, 0.25) is 5.02 Å². The first-order valence-corrected chi connectivity index (χ1v) is 10.4. The highest BCUT2D eigenvalue weighted by atomic mass is 35.5. The van der Waals surface area contributed by atoms with E-state index in [0.717, 1.165) is 17.0 Å². The number of carbonyl (C=O) groups is 1. The lowest BCUT2D eigenvalue weighted by Crippen LogP contribution is -2.41. The van der Waals surface area contributed by atoms with E-state index in [2.05, 4.69) is 20.9 Å². The largest absolute Gasteiger partial charge is 0.325 e. The molecule has 0 saturated heterocycles. The number of aryl methyl sites for hydroxylation is 2. The number of anilines is 1. The van der Waals surface area contributed by atoms with Crippen molar-refractivity contribution in [1.82, 2.24) is 14.9 Å². The highest BCUT2D eigenvalue weighted by Crippen LogP contribution is 2.38. The Labute approximate surface area is 176 Å². The molecule has 1 aliphatic rings. The number of hydrogen-bond donors (Lipinski definition) is 2. The van der Waals surface area contributed by atoms with Gasteiger partial charge in [0.05, 0.1) is 6.04 Å². The molecule has 0 spiro atoms. The predicted octanol–water partition coefficient (Wildman–Crippen LogP) is 4.34. The highest BCUT2D eigenvalue weighted by molar-refractivity contribution is 8.00. The van der Waals surface area contributed by atoms with Crippen molar-refractivity contribution in [3.63, 3.8) is 0 Å². The maximum absolute atomic E-state index is 13.4. The van der Waals surface area contributed by atoms with Crippen LogP contribution in [0.4, 0.5) is 10.1 Å². The van der Waals surface area contributed by atoms with Gasteiger partial charge >= 0.3 is 0 Å². The second-order valence-corrected chi connectivity index (χ2v) is 8.28. The average molecular weight is 432 g/mol. The zero-order valence-corrected chi connectivity index (χ0v) is 17.4. The first-order valence-electron chi connectivity index (χ1n) is 9.16. The molecule has 9 heteroatoms. The van der Waals surface area contributed by atoms with Gasteiger partial charge in [0, 0.05) is 17.1 Å². The molecule has 2 aromatic carbocycles. The first kappa shape index (κ1) is 19.7. The molecule has 2 heterocycles. The second-order valence-electron chi connectivity index (χ2n) is 6.73.